The number of hydrogen-bond donors (Lipinski definition) is 1. The first-order chi connectivity index (χ1) is 20.9. The van der Waals surface area contributed by atoms with Gasteiger partial charge in [-0.15, -0.1) is 0 Å². The van der Waals surface area contributed by atoms with Crippen molar-refractivity contribution in [1.82, 2.24) is 10.2 Å². The van der Waals surface area contributed by atoms with E-state index < -0.39 is 34.4 Å². The van der Waals surface area contributed by atoms with Gasteiger partial charge in [0, 0.05) is 30.1 Å². The molecule has 0 bridgehead atoms. The molecule has 0 saturated heterocycles. The quantitative estimate of drug-likeness (QED) is 0.201. The van der Waals surface area contributed by atoms with E-state index in [0.29, 0.717) is 26.9 Å². The van der Waals surface area contributed by atoms with Gasteiger partial charge in [-0.1, -0.05) is 95.0 Å². The number of rotatable bonds is 11. The van der Waals surface area contributed by atoms with Crippen LogP contribution in [0.3, 0.4) is 0 Å². The van der Waals surface area contributed by atoms with Crippen LogP contribution < -0.4 is 9.62 Å². The molecule has 0 aliphatic carbocycles. The van der Waals surface area contributed by atoms with E-state index in [1.807, 2.05) is 50.2 Å². The fraction of sp³-hybridized carbons (Fsp3) is 0.235. The van der Waals surface area contributed by atoms with E-state index in [-0.39, 0.29) is 17.9 Å². The van der Waals surface area contributed by atoms with Crippen molar-refractivity contribution in [2.45, 2.75) is 44.7 Å². The van der Waals surface area contributed by atoms with Crippen molar-refractivity contribution in [1.29, 1.82) is 0 Å². The van der Waals surface area contributed by atoms with Gasteiger partial charge in [-0.3, -0.25) is 13.9 Å². The van der Waals surface area contributed by atoms with Gasteiger partial charge in [0.1, 0.15) is 12.6 Å². The summed E-state index contributed by atoms with van der Waals surface area (Å²) < 4.78 is 29.5. The van der Waals surface area contributed by atoms with Crippen LogP contribution in [0.2, 0.25) is 10.0 Å². The minimum absolute atomic E-state index is 0.0505. The van der Waals surface area contributed by atoms with Crippen molar-refractivity contribution < 1.29 is 18.0 Å². The van der Waals surface area contributed by atoms with E-state index in [0.717, 1.165) is 21.0 Å². The Balaban J connectivity index is 1.83. The highest BCUT2D eigenvalue weighted by Crippen LogP contribution is 2.29. The van der Waals surface area contributed by atoms with Crippen molar-refractivity contribution in [3.8, 4) is 0 Å². The standard InChI is InChI=1S/C34H35Cl2N3O4S/c1-23-10-15-29(16-11-23)44(42,43)39(31-17-12-24(2)18-25(31)3)22-33(40)38(21-27-13-14-28(35)20-30(27)36)32(34(41)37-4)19-26-8-6-5-7-9-26/h5-18,20,32H,19,21-22H2,1-4H3,(H,37,41). The number of carbonyl (C=O) groups is 2. The van der Waals surface area contributed by atoms with Crippen LogP contribution in [-0.2, 0) is 32.6 Å². The molecule has 0 aromatic heterocycles. The van der Waals surface area contributed by atoms with Crippen LogP contribution >= 0.6 is 23.2 Å². The maximum atomic E-state index is 14.4. The second-order valence-electron chi connectivity index (χ2n) is 10.7. The van der Waals surface area contributed by atoms with Crippen molar-refractivity contribution >= 4 is 50.7 Å². The number of likely N-dealkylation sites (N-methyl/N-ethyl adjacent to an activating group) is 1. The minimum atomic E-state index is -4.19. The highest BCUT2D eigenvalue weighted by Gasteiger charge is 2.35. The normalized spacial score (nSPS) is 12.0. The monoisotopic (exact) mass is 651 g/mol. The Morgan fingerprint density at radius 2 is 1.50 bits per heavy atom. The first kappa shape index (κ1) is 33.1. The zero-order chi connectivity index (χ0) is 32.0. The Kier molecular flexibility index (Phi) is 10.7. The Hall–Kier alpha value is -3.85. The van der Waals surface area contributed by atoms with Crippen molar-refractivity contribution in [2.24, 2.45) is 0 Å². The van der Waals surface area contributed by atoms with Crippen LogP contribution in [0.4, 0.5) is 5.69 Å². The molecule has 44 heavy (non-hydrogen) atoms. The maximum Gasteiger partial charge on any atom is 0.264 e. The van der Waals surface area contributed by atoms with Gasteiger partial charge in [0.15, 0.2) is 0 Å². The van der Waals surface area contributed by atoms with Crippen molar-refractivity contribution in [3.05, 3.63) is 129 Å². The summed E-state index contributed by atoms with van der Waals surface area (Å²) in [5.41, 5.74) is 4.30. The molecule has 2 amide bonds. The first-order valence-electron chi connectivity index (χ1n) is 14.1. The second-order valence-corrected chi connectivity index (χ2v) is 13.4. The fourth-order valence-electron chi connectivity index (χ4n) is 4.99. The molecule has 10 heteroatoms. The third-order valence-electron chi connectivity index (χ3n) is 7.38. The highest BCUT2D eigenvalue weighted by atomic mass is 35.5. The average molecular weight is 653 g/mol. The Labute approximate surface area is 269 Å². The molecule has 0 saturated carbocycles. The van der Waals surface area contributed by atoms with E-state index in [9.17, 15) is 18.0 Å². The Morgan fingerprint density at radius 1 is 0.841 bits per heavy atom. The number of sulfonamides is 1. The number of nitrogens with zero attached hydrogens (tertiary/aromatic N) is 2. The molecule has 0 heterocycles. The number of benzene rings is 4. The van der Waals surface area contributed by atoms with Crippen LogP contribution in [0.1, 0.15) is 27.8 Å². The lowest BCUT2D eigenvalue weighted by molar-refractivity contribution is -0.139. The fourth-order valence-corrected chi connectivity index (χ4v) is 6.94. The van der Waals surface area contributed by atoms with Gasteiger partial charge in [0.2, 0.25) is 11.8 Å². The summed E-state index contributed by atoms with van der Waals surface area (Å²) in [6.45, 7) is 4.99. The van der Waals surface area contributed by atoms with Crippen LogP contribution in [0.15, 0.2) is 95.9 Å². The summed E-state index contributed by atoms with van der Waals surface area (Å²) in [6.07, 6.45) is 0.200. The van der Waals surface area contributed by atoms with Gasteiger partial charge in [0.05, 0.1) is 10.6 Å². The molecular weight excluding hydrogens is 617 g/mol. The zero-order valence-electron chi connectivity index (χ0n) is 25.1. The number of aryl methyl sites for hydroxylation is 3. The lowest BCUT2D eigenvalue weighted by atomic mass is 10.0. The molecule has 0 spiro atoms. The predicted molar refractivity (Wildman–Crippen MR) is 177 cm³/mol. The second kappa shape index (κ2) is 14.3. The van der Waals surface area contributed by atoms with Gasteiger partial charge < -0.3 is 10.2 Å². The van der Waals surface area contributed by atoms with Gasteiger partial charge in [-0.2, -0.15) is 0 Å². The average Bonchev–Trinajstić information content (AvgIpc) is 2.99. The van der Waals surface area contributed by atoms with E-state index in [1.54, 1.807) is 49.4 Å². The largest absolute Gasteiger partial charge is 0.357 e. The SMILES string of the molecule is CNC(=O)C(Cc1ccccc1)N(Cc1ccc(Cl)cc1Cl)C(=O)CN(c1ccc(C)cc1C)S(=O)(=O)c1ccc(C)cc1. The number of carbonyl (C=O) groups excluding carboxylic acids is 2. The summed E-state index contributed by atoms with van der Waals surface area (Å²) >= 11 is 12.7. The molecule has 4 aromatic rings. The smallest absolute Gasteiger partial charge is 0.264 e. The predicted octanol–water partition coefficient (Wildman–Crippen LogP) is 6.50. The van der Waals surface area contributed by atoms with E-state index in [2.05, 4.69) is 5.32 Å². The number of halogens is 2. The summed E-state index contributed by atoms with van der Waals surface area (Å²) in [6, 6.07) is 25.1. The molecule has 230 valence electrons. The van der Waals surface area contributed by atoms with Crippen molar-refractivity contribution in [2.75, 3.05) is 17.9 Å². The lowest BCUT2D eigenvalue weighted by Gasteiger charge is -2.34. The summed E-state index contributed by atoms with van der Waals surface area (Å²) in [4.78, 5) is 29.3. The number of hydrogen-bond acceptors (Lipinski definition) is 4. The minimum Gasteiger partial charge on any atom is -0.357 e. The van der Waals surface area contributed by atoms with Crippen LogP contribution in [0, 0.1) is 20.8 Å². The zero-order valence-corrected chi connectivity index (χ0v) is 27.4. The molecule has 4 rings (SSSR count). The maximum absolute atomic E-state index is 14.4. The topological polar surface area (TPSA) is 86.8 Å². The third-order valence-corrected chi connectivity index (χ3v) is 9.74. The van der Waals surface area contributed by atoms with Crippen LogP contribution in [0.5, 0.6) is 0 Å². The Bertz CT molecular complexity index is 1750. The van der Waals surface area contributed by atoms with E-state index in [1.165, 1.54) is 24.1 Å². The van der Waals surface area contributed by atoms with E-state index >= 15 is 0 Å². The number of nitrogens with one attached hydrogen (secondary N) is 1. The third kappa shape index (κ3) is 7.80. The molecule has 1 N–H and O–H groups in total. The molecule has 1 unspecified atom stereocenters. The van der Waals surface area contributed by atoms with E-state index in [4.69, 9.17) is 23.2 Å². The molecule has 0 fully saturated rings. The highest BCUT2D eigenvalue weighted by molar-refractivity contribution is 7.92. The van der Waals surface area contributed by atoms with Crippen molar-refractivity contribution in [3.63, 3.8) is 0 Å². The molecule has 0 aliphatic rings. The van der Waals surface area contributed by atoms with Gasteiger partial charge in [-0.25, -0.2) is 8.42 Å². The summed E-state index contributed by atoms with van der Waals surface area (Å²) in [5, 5.41) is 3.42. The van der Waals surface area contributed by atoms with Gasteiger partial charge in [0.25, 0.3) is 10.0 Å². The Morgan fingerprint density at radius 3 is 2.11 bits per heavy atom. The lowest BCUT2D eigenvalue weighted by Crippen LogP contribution is -2.53. The van der Waals surface area contributed by atoms with Gasteiger partial charge in [-0.05, 0) is 67.8 Å². The van der Waals surface area contributed by atoms with Crippen LogP contribution in [-0.4, -0.2) is 44.8 Å². The number of amides is 2. The molecule has 0 radical (unpaired) electrons. The van der Waals surface area contributed by atoms with Crippen LogP contribution in [0.25, 0.3) is 0 Å². The number of anilines is 1. The van der Waals surface area contributed by atoms with Gasteiger partial charge >= 0.3 is 0 Å². The molecule has 4 aromatic carbocycles. The first-order valence-corrected chi connectivity index (χ1v) is 16.3. The molecule has 1 atom stereocenters. The molecule has 0 aliphatic heterocycles. The summed E-state index contributed by atoms with van der Waals surface area (Å²) in [7, 11) is -2.69. The summed E-state index contributed by atoms with van der Waals surface area (Å²) in [5.74, 6) is -0.969. The molecule has 7 nitrogen and oxygen atoms in total. The molecular formula is C34H35Cl2N3O4S.